The molecule has 2 aromatic rings. The predicted molar refractivity (Wildman–Crippen MR) is 128 cm³/mol. The summed E-state index contributed by atoms with van der Waals surface area (Å²) in [6.07, 6.45) is 7.83. The van der Waals surface area contributed by atoms with Crippen molar-refractivity contribution in [2.24, 2.45) is 10.1 Å². The van der Waals surface area contributed by atoms with Gasteiger partial charge in [-0.3, -0.25) is 0 Å². The summed E-state index contributed by atoms with van der Waals surface area (Å²) in [5.74, 6) is 0.669. The Morgan fingerprint density at radius 1 is 0.966 bits per heavy atom. The molecule has 7 heteroatoms. The minimum Gasteiger partial charge on any atom is -0.348 e. The van der Waals surface area contributed by atoms with E-state index in [2.05, 4.69) is 34.7 Å². The summed E-state index contributed by atoms with van der Waals surface area (Å²) in [6.45, 7) is 4.90. The molecule has 0 spiro atoms. The first kappa shape index (κ1) is 23.0. The van der Waals surface area contributed by atoms with Crippen LogP contribution in [0, 0.1) is 0 Å². The molecule has 0 unspecified atom stereocenters. The van der Waals surface area contributed by atoms with E-state index in [1.165, 1.54) is 0 Å². The van der Waals surface area contributed by atoms with Gasteiger partial charge in [0, 0.05) is 10.0 Å². The maximum absolute atomic E-state index is 5.95. The Morgan fingerprint density at radius 3 is 1.86 bits per heavy atom. The normalized spacial score (nSPS) is 15.0. The summed E-state index contributed by atoms with van der Waals surface area (Å²) in [7, 11) is 0. The SMILES string of the molecule is CC1(C)CN=C(NN=C(C=Cc2ccc(Cl)cc2)C=Cc2ccc(Cl)cc2)N1.Cl. The first-order chi connectivity index (χ1) is 13.4. The molecular formula is C22H23Cl3N4. The summed E-state index contributed by atoms with van der Waals surface area (Å²) in [4.78, 5) is 4.43. The van der Waals surface area contributed by atoms with Gasteiger partial charge in [-0.25, -0.2) is 10.4 Å². The highest BCUT2D eigenvalue weighted by Crippen LogP contribution is 2.13. The van der Waals surface area contributed by atoms with Crippen molar-refractivity contribution < 1.29 is 0 Å². The van der Waals surface area contributed by atoms with Gasteiger partial charge in [-0.05, 0) is 61.4 Å². The van der Waals surface area contributed by atoms with E-state index in [1.54, 1.807) is 0 Å². The quantitative estimate of drug-likeness (QED) is 0.446. The van der Waals surface area contributed by atoms with E-state index in [-0.39, 0.29) is 17.9 Å². The van der Waals surface area contributed by atoms with E-state index in [0.717, 1.165) is 16.8 Å². The summed E-state index contributed by atoms with van der Waals surface area (Å²) in [5.41, 5.74) is 5.77. The average molecular weight is 450 g/mol. The van der Waals surface area contributed by atoms with Crippen molar-refractivity contribution in [2.75, 3.05) is 6.54 Å². The molecule has 0 atom stereocenters. The zero-order valence-electron chi connectivity index (χ0n) is 16.2. The lowest BCUT2D eigenvalue weighted by Gasteiger charge is -2.17. The second-order valence-corrected chi connectivity index (χ2v) is 7.96. The van der Waals surface area contributed by atoms with Crippen LogP contribution < -0.4 is 10.7 Å². The molecule has 152 valence electrons. The fourth-order valence-electron chi connectivity index (χ4n) is 2.50. The lowest BCUT2D eigenvalue weighted by molar-refractivity contribution is 0.502. The Morgan fingerprint density at radius 2 is 1.45 bits per heavy atom. The number of guanidine groups is 1. The topological polar surface area (TPSA) is 48.8 Å². The smallest absolute Gasteiger partial charge is 0.212 e. The van der Waals surface area contributed by atoms with Crippen LogP contribution in [0.2, 0.25) is 10.0 Å². The molecule has 1 aliphatic heterocycles. The molecule has 2 N–H and O–H groups in total. The van der Waals surface area contributed by atoms with E-state index < -0.39 is 0 Å². The number of aliphatic imine (C=N–C) groups is 1. The van der Waals surface area contributed by atoms with Crippen molar-refractivity contribution >= 4 is 59.4 Å². The summed E-state index contributed by atoms with van der Waals surface area (Å²) < 4.78 is 0. The Kier molecular flexibility index (Phi) is 8.32. The molecule has 29 heavy (non-hydrogen) atoms. The molecule has 0 fully saturated rings. The third-order valence-corrected chi connectivity index (χ3v) is 4.52. The fraction of sp³-hybridized carbons (Fsp3) is 0.182. The maximum atomic E-state index is 5.95. The molecule has 4 nitrogen and oxygen atoms in total. The number of nitrogens with one attached hydrogen (secondary N) is 2. The largest absolute Gasteiger partial charge is 0.348 e. The van der Waals surface area contributed by atoms with Gasteiger partial charge in [0.15, 0.2) is 0 Å². The van der Waals surface area contributed by atoms with Crippen molar-refractivity contribution in [3.63, 3.8) is 0 Å². The van der Waals surface area contributed by atoms with Crippen LogP contribution in [-0.2, 0) is 0 Å². The molecule has 0 aromatic heterocycles. The Labute approximate surface area is 187 Å². The fourth-order valence-corrected chi connectivity index (χ4v) is 2.75. The molecule has 2 aromatic carbocycles. The third kappa shape index (κ3) is 7.58. The summed E-state index contributed by atoms with van der Waals surface area (Å²) in [6, 6.07) is 15.3. The second-order valence-electron chi connectivity index (χ2n) is 7.09. The number of hydrogen-bond acceptors (Lipinski definition) is 4. The first-order valence-electron chi connectivity index (χ1n) is 8.93. The number of rotatable bonds is 5. The highest BCUT2D eigenvalue weighted by atomic mass is 35.5. The van der Waals surface area contributed by atoms with Gasteiger partial charge >= 0.3 is 0 Å². The Hall–Kier alpha value is -2.27. The van der Waals surface area contributed by atoms with E-state index in [9.17, 15) is 0 Å². The van der Waals surface area contributed by atoms with Gasteiger partial charge in [-0.15, -0.1) is 12.4 Å². The number of hydrogen-bond donors (Lipinski definition) is 2. The van der Waals surface area contributed by atoms with Gasteiger partial charge in [-0.2, -0.15) is 5.10 Å². The van der Waals surface area contributed by atoms with Gasteiger partial charge in [0.2, 0.25) is 5.96 Å². The molecule has 0 amide bonds. The van der Waals surface area contributed by atoms with Crippen molar-refractivity contribution in [3.05, 3.63) is 81.9 Å². The van der Waals surface area contributed by atoms with Crippen LogP contribution in [0.4, 0.5) is 0 Å². The highest BCUT2D eigenvalue weighted by molar-refractivity contribution is 6.30. The van der Waals surface area contributed by atoms with E-state index >= 15 is 0 Å². The minimum absolute atomic E-state index is 0. The maximum Gasteiger partial charge on any atom is 0.212 e. The number of hydrazone groups is 1. The molecule has 0 saturated carbocycles. The van der Waals surface area contributed by atoms with Gasteiger partial charge in [0.05, 0.1) is 17.8 Å². The molecule has 0 bridgehead atoms. The van der Waals surface area contributed by atoms with E-state index in [4.69, 9.17) is 23.2 Å². The summed E-state index contributed by atoms with van der Waals surface area (Å²) in [5, 5.41) is 9.21. The van der Waals surface area contributed by atoms with Crippen LogP contribution in [-0.4, -0.2) is 23.8 Å². The van der Waals surface area contributed by atoms with Gasteiger partial charge < -0.3 is 5.32 Å². The monoisotopic (exact) mass is 448 g/mol. The van der Waals surface area contributed by atoms with Gasteiger partial charge in [0.25, 0.3) is 0 Å². The van der Waals surface area contributed by atoms with Crippen molar-refractivity contribution in [1.82, 2.24) is 10.7 Å². The van der Waals surface area contributed by atoms with E-state index in [0.29, 0.717) is 22.5 Å². The van der Waals surface area contributed by atoms with Crippen molar-refractivity contribution in [3.8, 4) is 0 Å². The van der Waals surface area contributed by atoms with Crippen LogP contribution >= 0.6 is 35.6 Å². The van der Waals surface area contributed by atoms with Crippen molar-refractivity contribution in [1.29, 1.82) is 0 Å². The lowest BCUT2D eigenvalue weighted by Crippen LogP contribution is -2.43. The first-order valence-corrected chi connectivity index (χ1v) is 9.69. The van der Waals surface area contributed by atoms with Crippen LogP contribution in [0.5, 0.6) is 0 Å². The predicted octanol–water partition coefficient (Wildman–Crippen LogP) is 5.83. The van der Waals surface area contributed by atoms with Gasteiger partial charge in [-0.1, -0.05) is 59.6 Å². The van der Waals surface area contributed by atoms with Crippen molar-refractivity contribution in [2.45, 2.75) is 19.4 Å². The molecule has 0 aliphatic carbocycles. The Bertz CT molecular complexity index is 870. The number of nitrogens with zero attached hydrogens (tertiary/aromatic N) is 2. The zero-order valence-corrected chi connectivity index (χ0v) is 18.5. The number of allylic oxidation sites excluding steroid dienone is 2. The molecule has 0 radical (unpaired) electrons. The average Bonchev–Trinajstić information content (AvgIpc) is 3.02. The summed E-state index contributed by atoms with van der Waals surface area (Å²) >= 11 is 11.9. The number of benzene rings is 2. The van der Waals surface area contributed by atoms with Crippen LogP contribution in [0.3, 0.4) is 0 Å². The van der Waals surface area contributed by atoms with Crippen LogP contribution in [0.15, 0.2) is 70.8 Å². The minimum atomic E-state index is -0.0592. The molecule has 3 rings (SSSR count). The standard InChI is InChI=1S/C22H22Cl2N4.ClH/c1-22(2)15-25-21(26-22)28-27-20(13-7-16-3-9-18(23)10-4-16)14-8-17-5-11-19(24)12-6-17;/h3-14H,15H2,1-2H3,(H2,25,26,28);1H. The molecule has 1 aliphatic rings. The zero-order chi connectivity index (χ0) is 20.0. The lowest BCUT2D eigenvalue weighted by atomic mass is 10.1. The van der Waals surface area contributed by atoms with Gasteiger partial charge in [0.1, 0.15) is 0 Å². The van der Waals surface area contributed by atoms with Crippen LogP contribution in [0.1, 0.15) is 25.0 Å². The number of halogens is 3. The molecule has 0 saturated heterocycles. The second kappa shape index (κ2) is 10.5. The van der Waals surface area contributed by atoms with E-state index in [1.807, 2.05) is 72.8 Å². The third-order valence-electron chi connectivity index (χ3n) is 4.01. The Balaban J connectivity index is 0.00000300. The highest BCUT2D eigenvalue weighted by Gasteiger charge is 2.24. The molecule has 1 heterocycles. The van der Waals surface area contributed by atoms with Crippen LogP contribution in [0.25, 0.3) is 12.2 Å². The molecular weight excluding hydrogens is 427 g/mol.